The fourth-order valence-electron chi connectivity index (χ4n) is 1.97. The summed E-state index contributed by atoms with van der Waals surface area (Å²) >= 11 is 1.73. The zero-order valence-electron chi connectivity index (χ0n) is 15.3. The number of nitrogens with zero attached hydrogens (tertiary/aromatic N) is 1. The molecule has 0 aliphatic heterocycles. The van der Waals surface area contributed by atoms with E-state index in [1.54, 1.807) is 29.1 Å². The molecule has 1 unspecified atom stereocenters. The highest BCUT2D eigenvalue weighted by molar-refractivity contribution is 14.1. The lowest BCUT2D eigenvalue weighted by Crippen LogP contribution is -2.32. The van der Waals surface area contributed by atoms with Gasteiger partial charge in [0.2, 0.25) is 0 Å². The number of unbranched alkanes of at least 4 members (excludes halogenated alkanes) is 4. The summed E-state index contributed by atoms with van der Waals surface area (Å²) in [6.07, 6.45) is 7.97. The second-order valence-corrected chi connectivity index (χ2v) is 7.29. The summed E-state index contributed by atoms with van der Waals surface area (Å²) in [5, 5.41) is 0. The molecule has 0 aliphatic rings. The molecule has 0 rings (SSSR count). The Labute approximate surface area is 158 Å². The lowest BCUT2D eigenvalue weighted by atomic mass is 10.2. The number of hydrogen-bond acceptors (Lipinski definition) is 5. The minimum absolute atomic E-state index is 0.293. The van der Waals surface area contributed by atoms with Gasteiger partial charge in [0.1, 0.15) is 0 Å². The molecule has 7 heteroatoms. The lowest BCUT2D eigenvalue weighted by molar-refractivity contribution is -0.166. The van der Waals surface area contributed by atoms with Crippen LogP contribution in [0.1, 0.15) is 66.7 Å². The Morgan fingerprint density at radius 1 is 1.13 bits per heavy atom. The Morgan fingerprint density at radius 3 is 2.13 bits per heavy atom. The van der Waals surface area contributed by atoms with Crippen molar-refractivity contribution in [1.82, 2.24) is 4.67 Å². The van der Waals surface area contributed by atoms with E-state index in [2.05, 4.69) is 16.7 Å². The predicted octanol–water partition coefficient (Wildman–Crippen LogP) is 5.78. The molecule has 0 aromatic rings. The first-order valence-electron chi connectivity index (χ1n) is 8.33. The summed E-state index contributed by atoms with van der Waals surface area (Å²) in [4.78, 5) is 14.4. The normalized spacial score (nSPS) is 12.4. The molecule has 0 aromatic carbocycles. The van der Waals surface area contributed by atoms with Gasteiger partial charge in [-0.25, -0.2) is 9.56 Å². The molecule has 0 amide bonds. The summed E-state index contributed by atoms with van der Waals surface area (Å²) in [7, 11) is -1.47. The summed E-state index contributed by atoms with van der Waals surface area (Å²) in [5.41, 5.74) is 0. The lowest BCUT2D eigenvalue weighted by Gasteiger charge is -2.32. The third-order valence-electron chi connectivity index (χ3n) is 2.94. The number of rotatable bonds is 13. The average Bonchev–Trinajstić information content (AvgIpc) is 2.48. The molecular weight excluding hydrogens is 428 g/mol. The average molecular weight is 463 g/mol. The maximum atomic E-state index is 9.70. The zero-order chi connectivity index (χ0) is 18.1. The first-order valence-corrected chi connectivity index (χ1v) is 10.4. The van der Waals surface area contributed by atoms with Crippen LogP contribution in [0.3, 0.4) is 0 Å². The van der Waals surface area contributed by atoms with Crippen LogP contribution in [0.15, 0.2) is 12.7 Å². The van der Waals surface area contributed by atoms with E-state index in [1.807, 2.05) is 32.4 Å². The van der Waals surface area contributed by atoms with Crippen molar-refractivity contribution in [2.75, 3.05) is 13.2 Å². The summed E-state index contributed by atoms with van der Waals surface area (Å²) in [6, 6.07) is 0.585. The van der Waals surface area contributed by atoms with Crippen molar-refractivity contribution in [3.8, 4) is 0 Å². The largest absolute Gasteiger partial charge is 0.338 e. The molecule has 0 aromatic heterocycles. The number of hydrogen-bond donors (Lipinski definition) is 1. The standard InChI is InChI=1S/C9H20NO2P.C7H15IO2/c1-6-7-12-13(11)10(8(2)3)9(4)5;1-2-3-4-5-6-7-9-10-8/h6,8-9,11H,1,7H2,2-5H3;2-7H2,1H3. The van der Waals surface area contributed by atoms with E-state index in [9.17, 15) is 4.89 Å². The van der Waals surface area contributed by atoms with E-state index in [0.717, 1.165) is 13.0 Å². The molecule has 0 bridgehead atoms. The second kappa shape index (κ2) is 19.0. The smallest absolute Gasteiger partial charge is 0.256 e. The molecule has 1 atom stereocenters. The van der Waals surface area contributed by atoms with Gasteiger partial charge in [-0.2, -0.15) is 3.22 Å². The van der Waals surface area contributed by atoms with Crippen molar-refractivity contribution < 1.29 is 17.5 Å². The Bertz CT molecular complexity index is 242. The van der Waals surface area contributed by atoms with Crippen LogP contribution < -0.4 is 0 Å². The molecule has 0 aliphatic carbocycles. The van der Waals surface area contributed by atoms with Crippen LogP contribution in [0.2, 0.25) is 0 Å². The fourth-order valence-corrected chi connectivity index (χ4v) is 3.32. The van der Waals surface area contributed by atoms with E-state index in [0.29, 0.717) is 18.7 Å². The molecular formula is C16H35INO4P. The van der Waals surface area contributed by atoms with Crippen LogP contribution in [0, 0.1) is 0 Å². The van der Waals surface area contributed by atoms with Crippen LogP contribution >= 0.6 is 31.5 Å². The highest BCUT2D eigenvalue weighted by Crippen LogP contribution is 2.40. The van der Waals surface area contributed by atoms with Gasteiger partial charge in [-0.1, -0.05) is 38.7 Å². The zero-order valence-corrected chi connectivity index (χ0v) is 18.4. The van der Waals surface area contributed by atoms with E-state index in [-0.39, 0.29) is 0 Å². The first kappa shape index (κ1) is 25.9. The third-order valence-corrected chi connectivity index (χ3v) is 4.89. The molecule has 0 saturated heterocycles. The number of halogens is 1. The Balaban J connectivity index is 0. The minimum atomic E-state index is -1.47. The van der Waals surface area contributed by atoms with Crippen molar-refractivity contribution in [2.45, 2.75) is 78.8 Å². The van der Waals surface area contributed by atoms with Crippen LogP contribution in [-0.2, 0) is 12.6 Å². The van der Waals surface area contributed by atoms with Crippen molar-refractivity contribution in [3.63, 3.8) is 0 Å². The van der Waals surface area contributed by atoms with E-state index >= 15 is 0 Å². The molecule has 23 heavy (non-hydrogen) atoms. The molecule has 1 N–H and O–H groups in total. The van der Waals surface area contributed by atoms with Gasteiger partial charge in [-0.15, -0.1) is 6.58 Å². The van der Waals surface area contributed by atoms with Crippen LogP contribution in [0.4, 0.5) is 0 Å². The summed E-state index contributed by atoms with van der Waals surface area (Å²) in [6.45, 7) is 15.1. The van der Waals surface area contributed by atoms with Gasteiger partial charge < -0.3 is 9.42 Å². The van der Waals surface area contributed by atoms with Crippen molar-refractivity contribution >= 4 is 31.5 Å². The topological polar surface area (TPSA) is 51.2 Å². The second-order valence-electron chi connectivity index (χ2n) is 5.70. The maximum absolute atomic E-state index is 9.70. The molecule has 0 spiro atoms. The Hall–Kier alpha value is 0.700. The predicted molar refractivity (Wildman–Crippen MR) is 107 cm³/mol. The summed E-state index contributed by atoms with van der Waals surface area (Å²) < 4.78 is 11.6. The highest BCUT2D eigenvalue weighted by Gasteiger charge is 2.23. The highest BCUT2D eigenvalue weighted by atomic mass is 127. The molecule has 5 nitrogen and oxygen atoms in total. The van der Waals surface area contributed by atoms with Crippen LogP contribution in [0.5, 0.6) is 0 Å². The van der Waals surface area contributed by atoms with Crippen molar-refractivity contribution in [2.24, 2.45) is 0 Å². The SMILES string of the molecule is C=CCOP(O)N(C(C)C)C(C)C.CCCCCCCOOI. The fraction of sp³-hybridized carbons (Fsp3) is 0.875. The molecule has 140 valence electrons. The molecule has 0 radical (unpaired) electrons. The van der Waals surface area contributed by atoms with E-state index < -0.39 is 8.53 Å². The minimum Gasteiger partial charge on any atom is -0.338 e. The van der Waals surface area contributed by atoms with Gasteiger partial charge in [0, 0.05) is 12.1 Å². The summed E-state index contributed by atoms with van der Waals surface area (Å²) in [5.74, 6) is 0. The maximum Gasteiger partial charge on any atom is 0.256 e. The van der Waals surface area contributed by atoms with Crippen molar-refractivity contribution in [3.05, 3.63) is 12.7 Å². The molecule has 0 saturated carbocycles. The van der Waals surface area contributed by atoms with Crippen LogP contribution in [0.25, 0.3) is 0 Å². The van der Waals surface area contributed by atoms with Crippen LogP contribution in [-0.4, -0.2) is 34.9 Å². The quantitative estimate of drug-likeness (QED) is 0.0937. The van der Waals surface area contributed by atoms with E-state index in [4.69, 9.17) is 9.41 Å². The third kappa shape index (κ3) is 17.3. The monoisotopic (exact) mass is 463 g/mol. The van der Waals surface area contributed by atoms with Gasteiger partial charge in [0.25, 0.3) is 8.53 Å². The van der Waals surface area contributed by atoms with E-state index in [1.165, 1.54) is 25.7 Å². The van der Waals surface area contributed by atoms with Gasteiger partial charge >= 0.3 is 0 Å². The Morgan fingerprint density at radius 2 is 1.70 bits per heavy atom. The molecule has 0 heterocycles. The first-order chi connectivity index (χ1) is 10.9. The van der Waals surface area contributed by atoms with Gasteiger partial charge in [0.05, 0.1) is 13.2 Å². The Kier molecular flexibility index (Phi) is 21.5. The van der Waals surface area contributed by atoms with Gasteiger partial charge in [0.15, 0.2) is 23.0 Å². The van der Waals surface area contributed by atoms with Gasteiger partial charge in [-0.05, 0) is 34.1 Å². The van der Waals surface area contributed by atoms with Gasteiger partial charge in [-0.3, -0.25) is 0 Å². The molecule has 0 fully saturated rings. The van der Waals surface area contributed by atoms with Crippen molar-refractivity contribution in [1.29, 1.82) is 0 Å².